The minimum atomic E-state index is -0.552. The van der Waals surface area contributed by atoms with Gasteiger partial charge in [0.05, 0.1) is 30.4 Å². The number of pyridine rings is 1. The number of carbonyl (C=O) groups excluding carboxylic acids is 1. The average Bonchev–Trinajstić information content (AvgIpc) is 3.62. The van der Waals surface area contributed by atoms with Crippen molar-refractivity contribution in [3.63, 3.8) is 0 Å². The molecule has 0 saturated carbocycles. The first-order chi connectivity index (χ1) is 21.7. The standard InChI is InChI=1S/C34H36BN7O3/c1-6-41(35(4)44)20-25-17-36-18-28(21(25)2)24-12-15-31-27(16-24)32(40-42(31)19-23-10-13-26(45-5)14-11-23)34-38-30-9-7-8-29(33(30)39-34)37-22(3)43/h7-18,44H,6,19-20H2,1-5H3,(H,37,43)(H,38,39). The molecule has 0 atom stereocenters. The van der Waals surface area contributed by atoms with E-state index >= 15 is 0 Å². The molecule has 3 N–H and O–H groups in total. The van der Waals surface area contributed by atoms with Crippen molar-refractivity contribution in [1.29, 1.82) is 0 Å². The molecule has 3 heterocycles. The van der Waals surface area contributed by atoms with Gasteiger partial charge in [0.1, 0.15) is 17.0 Å². The van der Waals surface area contributed by atoms with Gasteiger partial charge in [-0.3, -0.25) is 14.5 Å². The van der Waals surface area contributed by atoms with Gasteiger partial charge in [-0.1, -0.05) is 31.2 Å². The average molecular weight is 602 g/mol. The van der Waals surface area contributed by atoms with E-state index in [-0.39, 0.29) is 5.91 Å². The lowest BCUT2D eigenvalue weighted by atomic mass is 9.84. The number of H-pyrrole nitrogens is 1. The van der Waals surface area contributed by atoms with Gasteiger partial charge in [-0.05, 0) is 78.9 Å². The summed E-state index contributed by atoms with van der Waals surface area (Å²) in [5.74, 6) is 1.25. The maximum Gasteiger partial charge on any atom is 0.376 e. The van der Waals surface area contributed by atoms with Gasteiger partial charge in [-0.2, -0.15) is 5.10 Å². The lowest BCUT2D eigenvalue weighted by Gasteiger charge is -2.22. The third-order valence-electron chi connectivity index (χ3n) is 8.23. The number of para-hydroxylation sites is 1. The largest absolute Gasteiger partial charge is 0.497 e. The molecule has 0 fully saturated rings. The first-order valence-corrected chi connectivity index (χ1v) is 15.0. The second-order valence-corrected chi connectivity index (χ2v) is 11.2. The number of nitrogens with one attached hydrogen (secondary N) is 2. The number of hydrogen-bond acceptors (Lipinski definition) is 7. The molecule has 0 saturated heterocycles. The molecule has 0 aliphatic heterocycles. The highest BCUT2D eigenvalue weighted by Gasteiger charge is 2.20. The van der Waals surface area contributed by atoms with Gasteiger partial charge in [0.15, 0.2) is 5.82 Å². The highest BCUT2D eigenvalue weighted by molar-refractivity contribution is 6.45. The Morgan fingerprint density at radius 2 is 1.93 bits per heavy atom. The Morgan fingerprint density at radius 1 is 1.13 bits per heavy atom. The number of ether oxygens (including phenoxy) is 1. The van der Waals surface area contributed by atoms with E-state index in [1.165, 1.54) is 6.92 Å². The number of amides is 1. The smallest absolute Gasteiger partial charge is 0.376 e. The zero-order valence-electron chi connectivity index (χ0n) is 26.1. The molecule has 45 heavy (non-hydrogen) atoms. The second kappa shape index (κ2) is 12.5. The minimum Gasteiger partial charge on any atom is -0.497 e. The molecule has 3 aromatic carbocycles. The predicted molar refractivity (Wildman–Crippen MR) is 179 cm³/mol. The summed E-state index contributed by atoms with van der Waals surface area (Å²) in [4.78, 5) is 26.8. The fraction of sp³-hybridized carbons (Fsp3) is 0.235. The van der Waals surface area contributed by atoms with Crippen LogP contribution in [0, 0.1) is 6.92 Å². The summed E-state index contributed by atoms with van der Waals surface area (Å²) in [6.07, 6.45) is 3.77. The normalized spacial score (nSPS) is 11.4. The summed E-state index contributed by atoms with van der Waals surface area (Å²) < 4.78 is 7.33. The maximum absolute atomic E-state index is 11.9. The topological polar surface area (TPSA) is 121 Å². The summed E-state index contributed by atoms with van der Waals surface area (Å²) in [5.41, 5.74) is 9.06. The van der Waals surface area contributed by atoms with Gasteiger partial charge in [-0.25, -0.2) is 4.98 Å². The van der Waals surface area contributed by atoms with Crippen molar-refractivity contribution >= 4 is 40.6 Å². The van der Waals surface area contributed by atoms with Crippen LogP contribution in [0.15, 0.2) is 73.1 Å². The zero-order valence-corrected chi connectivity index (χ0v) is 26.1. The van der Waals surface area contributed by atoms with Gasteiger partial charge >= 0.3 is 7.05 Å². The van der Waals surface area contributed by atoms with Gasteiger partial charge in [-0.15, -0.1) is 0 Å². The third kappa shape index (κ3) is 6.04. The first-order valence-electron chi connectivity index (χ1n) is 15.0. The van der Waals surface area contributed by atoms with Crippen molar-refractivity contribution in [2.24, 2.45) is 0 Å². The van der Waals surface area contributed by atoms with Crippen molar-refractivity contribution in [2.45, 2.75) is 40.7 Å². The molecule has 6 aromatic rings. The van der Waals surface area contributed by atoms with E-state index in [4.69, 9.17) is 14.8 Å². The number of fused-ring (bicyclic) bond motifs is 2. The number of hydrogen-bond donors (Lipinski definition) is 3. The van der Waals surface area contributed by atoms with Crippen LogP contribution >= 0.6 is 0 Å². The third-order valence-corrected chi connectivity index (χ3v) is 8.23. The van der Waals surface area contributed by atoms with Crippen molar-refractivity contribution in [3.05, 3.63) is 89.7 Å². The van der Waals surface area contributed by atoms with E-state index < -0.39 is 7.05 Å². The van der Waals surface area contributed by atoms with E-state index in [9.17, 15) is 9.82 Å². The first kappa shape index (κ1) is 30.0. The van der Waals surface area contributed by atoms with Gasteiger partial charge in [0.25, 0.3) is 0 Å². The molecule has 0 radical (unpaired) electrons. The van der Waals surface area contributed by atoms with Crippen molar-refractivity contribution < 1.29 is 14.6 Å². The molecule has 0 spiro atoms. The van der Waals surface area contributed by atoms with E-state index in [2.05, 4.69) is 40.4 Å². The van der Waals surface area contributed by atoms with Crippen LogP contribution in [0.4, 0.5) is 5.69 Å². The highest BCUT2D eigenvalue weighted by atomic mass is 16.5. The lowest BCUT2D eigenvalue weighted by Crippen LogP contribution is -2.36. The molecule has 3 aromatic heterocycles. The molecule has 0 bridgehead atoms. The SMILES string of the molecule is CCN(Cc1cncc(-c2ccc3c(c2)c(-c2nc4c(NC(C)=O)cccc4[nH]2)nn3Cc2ccc(OC)cc2)c1C)B(C)O. The summed E-state index contributed by atoms with van der Waals surface area (Å²) >= 11 is 0. The Balaban J connectivity index is 1.48. The van der Waals surface area contributed by atoms with Crippen LogP contribution < -0.4 is 10.1 Å². The van der Waals surface area contributed by atoms with E-state index in [0.29, 0.717) is 35.8 Å². The Bertz CT molecular complexity index is 2000. The van der Waals surface area contributed by atoms with Gasteiger partial charge in [0.2, 0.25) is 5.91 Å². The van der Waals surface area contributed by atoms with Crippen LogP contribution in [0.2, 0.25) is 6.82 Å². The molecule has 10 nitrogen and oxygen atoms in total. The Kier molecular flexibility index (Phi) is 8.38. The summed E-state index contributed by atoms with van der Waals surface area (Å²) in [7, 11) is 1.10. The van der Waals surface area contributed by atoms with E-state index in [0.717, 1.165) is 56.5 Å². The highest BCUT2D eigenvalue weighted by Crippen LogP contribution is 2.35. The predicted octanol–water partition coefficient (Wildman–Crippen LogP) is 5.90. The monoisotopic (exact) mass is 601 g/mol. The van der Waals surface area contributed by atoms with E-state index in [1.807, 2.05) is 71.3 Å². The fourth-order valence-electron chi connectivity index (χ4n) is 5.73. The van der Waals surface area contributed by atoms with Crippen molar-refractivity contribution in [2.75, 3.05) is 19.0 Å². The molecule has 11 heteroatoms. The quantitative estimate of drug-likeness (QED) is 0.167. The Labute approximate surface area is 262 Å². The lowest BCUT2D eigenvalue weighted by molar-refractivity contribution is -0.114. The van der Waals surface area contributed by atoms with E-state index in [1.54, 1.807) is 13.9 Å². The van der Waals surface area contributed by atoms with Crippen LogP contribution in [0.1, 0.15) is 30.5 Å². The number of aromatic amines is 1. The summed E-state index contributed by atoms with van der Waals surface area (Å²) in [5, 5.41) is 19.1. The molecular weight excluding hydrogens is 565 g/mol. The number of imidazole rings is 1. The molecular formula is C34H36BN7O3. The van der Waals surface area contributed by atoms with Crippen LogP contribution in [0.3, 0.4) is 0 Å². The summed E-state index contributed by atoms with van der Waals surface area (Å²) in [6.45, 7) is 9.29. The molecule has 0 aliphatic rings. The number of anilines is 1. The van der Waals surface area contributed by atoms with Crippen LogP contribution in [-0.4, -0.2) is 61.2 Å². The van der Waals surface area contributed by atoms with Gasteiger partial charge < -0.3 is 24.9 Å². The molecule has 228 valence electrons. The number of carbonyl (C=O) groups is 1. The van der Waals surface area contributed by atoms with Gasteiger partial charge in [0, 0.05) is 36.8 Å². The number of benzene rings is 3. The van der Waals surface area contributed by atoms with Crippen LogP contribution in [0.5, 0.6) is 5.75 Å². The molecule has 0 aliphatic carbocycles. The summed E-state index contributed by atoms with van der Waals surface area (Å²) in [6, 6.07) is 20.0. The molecule has 0 unspecified atom stereocenters. The Morgan fingerprint density at radius 3 is 2.64 bits per heavy atom. The van der Waals surface area contributed by atoms with Crippen molar-refractivity contribution in [1.82, 2.24) is 29.5 Å². The zero-order chi connectivity index (χ0) is 31.7. The second-order valence-electron chi connectivity index (χ2n) is 11.2. The van der Waals surface area contributed by atoms with Crippen LogP contribution in [-0.2, 0) is 17.9 Å². The molecule has 6 rings (SSSR count). The number of aromatic nitrogens is 5. The fourth-order valence-corrected chi connectivity index (χ4v) is 5.73. The number of methoxy groups -OCH3 is 1. The molecule has 1 amide bonds. The van der Waals surface area contributed by atoms with Crippen LogP contribution in [0.25, 0.3) is 44.6 Å². The maximum atomic E-state index is 11.9. The Hall–Kier alpha value is -5.00. The van der Waals surface area contributed by atoms with Crippen molar-refractivity contribution in [3.8, 4) is 28.4 Å². The minimum absolute atomic E-state index is 0.160. The number of nitrogens with zero attached hydrogens (tertiary/aromatic N) is 5. The number of rotatable bonds is 10.